The molecule has 0 saturated carbocycles. The van der Waals surface area contributed by atoms with Crippen LogP contribution in [0.4, 0.5) is 31.1 Å². The van der Waals surface area contributed by atoms with E-state index in [0.29, 0.717) is 61.1 Å². The molecule has 8 rings (SSSR count). The summed E-state index contributed by atoms with van der Waals surface area (Å²) in [5, 5.41) is 12.9. The zero-order chi connectivity index (χ0) is 51.2. The predicted molar refractivity (Wildman–Crippen MR) is 254 cm³/mol. The lowest BCUT2D eigenvalue weighted by Crippen LogP contribution is -2.35. The monoisotopic (exact) mass is 1000 g/mol. The maximum absolute atomic E-state index is 13.0. The smallest absolute Gasteiger partial charge is 0.497 e. The van der Waals surface area contributed by atoms with Gasteiger partial charge in [0.1, 0.15) is 23.0 Å². The number of aryl methyl sites for hydroxylation is 1. The maximum Gasteiger partial charge on any atom is 0.573 e. The number of hydrogen-bond acceptors (Lipinski definition) is 10. The summed E-state index contributed by atoms with van der Waals surface area (Å²) in [6, 6.07) is 34.1. The predicted octanol–water partition coefficient (Wildman–Crippen LogP) is 14.0. The second-order valence-electron chi connectivity index (χ2n) is 15.5. The standard InChI is InChI=1S/C28H25F3NO7.C25H19ClF3NO2/c1-4-36-27(33)38-16-37-26-23-14-13-22(35-3)15-24(23)32(34)17(2)25(26)20-7-5-18(6-8-20)19-9-11-21(12-10-19)39-28(29,30)31;1-14-23(24(26)20-11-9-18(31-2)13-21(20)30-14)16-6-4-15(5-7-16)19-10-8-17(25(27,28)29)12-22(19)32-3/h5-15,34H,4,16H2,1-3H3;4-13H,1-3H3/q+1;. The first-order valence-electron chi connectivity index (χ1n) is 21.5. The number of rotatable bonds is 12. The lowest BCUT2D eigenvalue weighted by atomic mass is 9.97. The summed E-state index contributed by atoms with van der Waals surface area (Å²) in [4.78, 5) is 16.3. The summed E-state index contributed by atoms with van der Waals surface area (Å²) in [5.41, 5.74) is 7.15. The van der Waals surface area contributed by atoms with Crippen LogP contribution in [-0.2, 0) is 15.7 Å². The molecule has 368 valence electrons. The molecule has 0 amide bonds. The molecule has 2 aromatic heterocycles. The first-order chi connectivity index (χ1) is 33.8. The van der Waals surface area contributed by atoms with Gasteiger partial charge in [0.25, 0.3) is 5.52 Å². The fraction of sp³-hybridized carbons (Fsp3) is 0.189. The number of nitrogens with zero attached hydrogens (tertiary/aromatic N) is 2. The van der Waals surface area contributed by atoms with E-state index in [9.17, 15) is 36.3 Å². The van der Waals surface area contributed by atoms with Crippen LogP contribution < -0.4 is 28.4 Å². The zero-order valence-corrected chi connectivity index (χ0v) is 39.5. The first-order valence-corrected chi connectivity index (χ1v) is 21.9. The van der Waals surface area contributed by atoms with Crippen molar-refractivity contribution in [3.63, 3.8) is 0 Å². The Morgan fingerprint density at radius 2 is 1.20 bits per heavy atom. The Labute approximate surface area is 408 Å². The van der Waals surface area contributed by atoms with Gasteiger partial charge in [0.2, 0.25) is 12.5 Å². The van der Waals surface area contributed by atoms with Crippen LogP contribution in [-0.4, -0.2) is 57.4 Å². The number of halogens is 7. The van der Waals surface area contributed by atoms with Crippen molar-refractivity contribution in [2.24, 2.45) is 0 Å². The zero-order valence-electron chi connectivity index (χ0n) is 38.8. The lowest BCUT2D eigenvalue weighted by molar-refractivity contribution is -0.888. The molecule has 2 heterocycles. The van der Waals surface area contributed by atoms with Gasteiger partial charge in [-0.1, -0.05) is 78.3 Å². The number of methoxy groups -OCH3 is 3. The topological polar surface area (TPSA) is 119 Å². The van der Waals surface area contributed by atoms with E-state index in [-0.39, 0.29) is 18.1 Å². The van der Waals surface area contributed by atoms with E-state index in [4.69, 9.17) is 40.0 Å². The molecular weight excluding hydrogens is 958 g/mol. The first kappa shape index (κ1) is 50.9. The highest BCUT2D eigenvalue weighted by Crippen LogP contribution is 2.42. The fourth-order valence-electron chi connectivity index (χ4n) is 7.76. The fourth-order valence-corrected chi connectivity index (χ4v) is 8.17. The van der Waals surface area contributed by atoms with Crippen LogP contribution in [0.15, 0.2) is 127 Å². The maximum atomic E-state index is 13.0. The normalized spacial score (nSPS) is 11.4. The van der Waals surface area contributed by atoms with E-state index in [0.717, 1.165) is 55.7 Å². The summed E-state index contributed by atoms with van der Waals surface area (Å²) < 4.78 is 113. The molecular formula is C53H44ClF6N2O9+. The molecule has 18 heteroatoms. The van der Waals surface area contributed by atoms with Crippen molar-refractivity contribution in [1.82, 2.24) is 4.98 Å². The molecule has 0 unspecified atom stereocenters. The molecule has 0 aliphatic heterocycles. The van der Waals surface area contributed by atoms with Crippen LogP contribution in [0.1, 0.15) is 23.9 Å². The van der Waals surface area contributed by atoms with Gasteiger partial charge in [0.05, 0.1) is 61.1 Å². The molecule has 0 spiro atoms. The molecule has 1 N–H and O–H groups in total. The number of fused-ring (bicyclic) bond motifs is 2. The number of benzene rings is 6. The van der Waals surface area contributed by atoms with Crippen molar-refractivity contribution in [1.29, 1.82) is 0 Å². The van der Waals surface area contributed by atoms with Crippen molar-refractivity contribution < 1.29 is 74.2 Å². The van der Waals surface area contributed by atoms with Gasteiger partial charge in [-0.05, 0) is 90.2 Å². The molecule has 0 bridgehead atoms. The van der Waals surface area contributed by atoms with E-state index in [1.54, 1.807) is 63.4 Å². The van der Waals surface area contributed by atoms with Gasteiger partial charge in [0, 0.05) is 39.9 Å². The van der Waals surface area contributed by atoms with Crippen molar-refractivity contribution in [2.75, 3.05) is 34.7 Å². The highest BCUT2D eigenvalue weighted by atomic mass is 35.5. The lowest BCUT2D eigenvalue weighted by Gasteiger charge is -2.15. The minimum Gasteiger partial charge on any atom is -0.497 e. The average Bonchev–Trinajstić information content (AvgIpc) is 3.35. The van der Waals surface area contributed by atoms with Crippen LogP contribution in [0.25, 0.3) is 66.3 Å². The van der Waals surface area contributed by atoms with E-state index in [2.05, 4.69) is 9.72 Å². The van der Waals surface area contributed by atoms with Gasteiger partial charge in [0.15, 0.2) is 5.75 Å². The SMILES string of the molecule is CCOC(=O)OCOc1c(-c2ccc(-c3ccc(OC(F)(F)F)cc3)cc2)c(C)[n+](O)c2cc(OC)ccc12.COc1ccc2c(Cl)c(-c3ccc(-c4ccc(C(F)(F)F)cc4OC)cc3)c(C)nc2c1. The largest absolute Gasteiger partial charge is 0.573 e. The number of aromatic nitrogens is 2. The van der Waals surface area contributed by atoms with Crippen LogP contribution >= 0.6 is 11.6 Å². The average molecular weight is 1000 g/mol. The molecule has 0 radical (unpaired) electrons. The summed E-state index contributed by atoms with van der Waals surface area (Å²) in [6.45, 7) is 4.93. The molecule has 0 aliphatic rings. The number of alkyl halides is 6. The van der Waals surface area contributed by atoms with Gasteiger partial charge in [-0.25, -0.2) is 4.79 Å². The summed E-state index contributed by atoms with van der Waals surface area (Å²) in [6.07, 6.45) is -10.1. The summed E-state index contributed by atoms with van der Waals surface area (Å²) in [7, 11) is 4.45. The Morgan fingerprint density at radius 3 is 1.77 bits per heavy atom. The molecule has 8 aromatic rings. The molecule has 0 saturated heterocycles. The van der Waals surface area contributed by atoms with Gasteiger partial charge in [-0.2, -0.15) is 13.2 Å². The van der Waals surface area contributed by atoms with Crippen molar-refractivity contribution in [2.45, 2.75) is 33.3 Å². The molecule has 0 atom stereocenters. The van der Waals surface area contributed by atoms with Crippen molar-refractivity contribution in [3.8, 4) is 73.3 Å². The van der Waals surface area contributed by atoms with Crippen LogP contribution in [0.3, 0.4) is 0 Å². The molecule has 0 fully saturated rings. The van der Waals surface area contributed by atoms with E-state index in [1.807, 2.05) is 49.4 Å². The third-order valence-electron chi connectivity index (χ3n) is 11.1. The minimum atomic E-state index is -4.77. The number of carbonyl (C=O) groups excluding carboxylic acids is 1. The van der Waals surface area contributed by atoms with Crippen LogP contribution in [0.2, 0.25) is 5.02 Å². The second kappa shape index (κ2) is 21.4. The number of carbonyl (C=O) groups is 1. The molecule has 6 aromatic carbocycles. The number of ether oxygens (including phenoxy) is 7. The third-order valence-corrected chi connectivity index (χ3v) is 11.5. The van der Waals surface area contributed by atoms with E-state index < -0.39 is 31.1 Å². The Balaban J connectivity index is 0.000000213. The van der Waals surface area contributed by atoms with E-state index >= 15 is 0 Å². The summed E-state index contributed by atoms with van der Waals surface area (Å²) >= 11 is 6.73. The second-order valence-corrected chi connectivity index (χ2v) is 15.9. The Morgan fingerprint density at radius 1 is 0.648 bits per heavy atom. The van der Waals surface area contributed by atoms with Crippen molar-refractivity contribution in [3.05, 3.63) is 149 Å². The van der Waals surface area contributed by atoms with Crippen LogP contribution in [0.5, 0.6) is 28.7 Å². The quantitative estimate of drug-likeness (QED) is 0.0417. The third kappa shape index (κ3) is 11.6. The molecule has 11 nitrogen and oxygen atoms in total. The Hall–Kier alpha value is -7.92. The Bertz CT molecular complexity index is 3200. The highest BCUT2D eigenvalue weighted by molar-refractivity contribution is 6.38. The summed E-state index contributed by atoms with van der Waals surface area (Å²) in [5.74, 6) is 1.40. The van der Waals surface area contributed by atoms with Crippen LogP contribution in [0, 0.1) is 13.8 Å². The highest BCUT2D eigenvalue weighted by Gasteiger charge is 2.32. The van der Waals surface area contributed by atoms with Crippen molar-refractivity contribution >= 4 is 39.6 Å². The van der Waals surface area contributed by atoms with Gasteiger partial charge in [-0.15, -0.1) is 13.2 Å². The molecule has 0 aliphatic carbocycles. The number of pyridine rings is 2. The number of hydrogen-bond donors (Lipinski definition) is 1. The Kier molecular flexibility index (Phi) is 15.3. The van der Waals surface area contributed by atoms with Gasteiger partial charge in [-0.3, -0.25) is 10.2 Å². The van der Waals surface area contributed by atoms with Gasteiger partial charge < -0.3 is 33.2 Å². The van der Waals surface area contributed by atoms with E-state index in [1.165, 1.54) is 44.6 Å². The molecule has 71 heavy (non-hydrogen) atoms. The van der Waals surface area contributed by atoms with Gasteiger partial charge >= 0.3 is 18.7 Å². The minimum absolute atomic E-state index is 0.145.